The molecule has 1 aromatic heterocycles. The first-order chi connectivity index (χ1) is 19.1. The molecule has 196 valence electrons. The first kappa shape index (κ1) is 25.7. The molecule has 0 aliphatic carbocycles. The Balaban J connectivity index is 1.40. The number of benzene rings is 4. The van der Waals surface area contributed by atoms with Crippen LogP contribution in [0.1, 0.15) is 29.9 Å². The monoisotopic (exact) mass is 519 g/mol. The van der Waals surface area contributed by atoms with Gasteiger partial charge in [-0.05, 0) is 47.9 Å². The molecule has 1 heterocycles. The lowest BCUT2D eigenvalue weighted by Crippen LogP contribution is -2.09. The normalized spacial score (nSPS) is 11.4. The minimum Gasteiger partial charge on any atom is -0.493 e. The zero-order valence-corrected chi connectivity index (χ0v) is 22.0. The summed E-state index contributed by atoms with van der Waals surface area (Å²) in [6, 6.07) is 33.1. The fourth-order valence-corrected chi connectivity index (χ4v) is 4.39. The first-order valence-corrected chi connectivity index (χ1v) is 12.6. The Bertz CT molecular complexity index is 1570. The molecule has 39 heavy (non-hydrogen) atoms. The van der Waals surface area contributed by atoms with Crippen LogP contribution >= 0.6 is 0 Å². The van der Waals surface area contributed by atoms with Crippen LogP contribution < -0.4 is 19.5 Å². The van der Waals surface area contributed by atoms with E-state index in [9.17, 15) is 4.79 Å². The van der Waals surface area contributed by atoms with Crippen molar-refractivity contribution in [2.45, 2.75) is 13.0 Å². The molecule has 1 N–H and O–H groups in total. The van der Waals surface area contributed by atoms with Crippen LogP contribution in [0.3, 0.4) is 0 Å². The van der Waals surface area contributed by atoms with Crippen molar-refractivity contribution >= 4 is 28.1 Å². The summed E-state index contributed by atoms with van der Waals surface area (Å²) in [6.07, 6.45) is 1.20. The molecule has 0 radical (unpaired) electrons. The molecular formula is C33H29NO5. The lowest BCUT2D eigenvalue weighted by molar-refractivity contribution is -0.111. The third-order valence-corrected chi connectivity index (χ3v) is 6.34. The summed E-state index contributed by atoms with van der Waals surface area (Å²) in [5.41, 5.74) is 3.97. The van der Waals surface area contributed by atoms with Crippen molar-refractivity contribution in [1.82, 2.24) is 0 Å². The highest BCUT2D eigenvalue weighted by molar-refractivity contribution is 6.04. The van der Waals surface area contributed by atoms with E-state index in [-0.39, 0.29) is 12.0 Å². The fourth-order valence-electron chi connectivity index (χ4n) is 4.39. The third kappa shape index (κ3) is 5.80. The van der Waals surface area contributed by atoms with Gasteiger partial charge in [-0.25, -0.2) is 0 Å². The van der Waals surface area contributed by atoms with E-state index in [4.69, 9.17) is 18.6 Å². The van der Waals surface area contributed by atoms with Crippen molar-refractivity contribution in [2.75, 3.05) is 19.5 Å². The number of rotatable bonds is 9. The Morgan fingerprint density at radius 2 is 1.44 bits per heavy atom. The average molecular weight is 520 g/mol. The molecule has 0 saturated heterocycles. The van der Waals surface area contributed by atoms with Gasteiger partial charge in [0.15, 0.2) is 22.8 Å². The lowest BCUT2D eigenvalue weighted by Gasteiger charge is -2.20. The first-order valence-electron chi connectivity index (χ1n) is 12.6. The molecule has 0 saturated carbocycles. The standard InChI is InChI=1S/C33H29NO5/c1-22(19-31(35)34-26-17-18-27(36-2)30(21-26)37-3)29-20-25-15-10-16-28(33(25)39-29)38-32(23-11-6-4-7-12-23)24-13-8-5-9-14-24/h4-21,32H,1-3H3,(H,34,35)/b22-19-. The molecule has 5 aromatic rings. The number of amides is 1. The van der Waals surface area contributed by atoms with Crippen LogP contribution in [0.5, 0.6) is 17.2 Å². The predicted octanol–water partition coefficient (Wildman–Crippen LogP) is 7.66. The fraction of sp³-hybridized carbons (Fsp3) is 0.121. The maximum Gasteiger partial charge on any atom is 0.248 e. The molecule has 0 unspecified atom stereocenters. The van der Waals surface area contributed by atoms with Crippen LogP contribution in [0.2, 0.25) is 0 Å². The van der Waals surface area contributed by atoms with Crippen LogP contribution in [0, 0.1) is 0 Å². The van der Waals surface area contributed by atoms with E-state index >= 15 is 0 Å². The summed E-state index contributed by atoms with van der Waals surface area (Å²) in [7, 11) is 3.12. The van der Waals surface area contributed by atoms with Crippen molar-refractivity contribution in [3.05, 3.63) is 126 Å². The molecule has 6 nitrogen and oxygen atoms in total. The van der Waals surface area contributed by atoms with Crippen molar-refractivity contribution < 1.29 is 23.4 Å². The smallest absolute Gasteiger partial charge is 0.248 e. The number of methoxy groups -OCH3 is 2. The minimum atomic E-state index is -0.310. The maximum absolute atomic E-state index is 12.8. The second kappa shape index (κ2) is 11.6. The van der Waals surface area contributed by atoms with Gasteiger partial charge in [-0.2, -0.15) is 0 Å². The second-order valence-corrected chi connectivity index (χ2v) is 8.99. The second-order valence-electron chi connectivity index (χ2n) is 8.99. The summed E-state index contributed by atoms with van der Waals surface area (Å²) >= 11 is 0. The van der Waals surface area contributed by atoms with Crippen LogP contribution in [-0.4, -0.2) is 20.1 Å². The number of allylic oxidation sites excluding steroid dienone is 1. The van der Waals surface area contributed by atoms with E-state index in [0.717, 1.165) is 16.5 Å². The number of fused-ring (bicyclic) bond motifs is 1. The number of nitrogens with one attached hydrogen (secondary N) is 1. The Labute approximate surface area is 227 Å². The van der Waals surface area contributed by atoms with E-state index in [1.807, 2.05) is 67.6 Å². The Morgan fingerprint density at radius 1 is 0.769 bits per heavy atom. The summed E-state index contributed by atoms with van der Waals surface area (Å²) < 4.78 is 23.4. The third-order valence-electron chi connectivity index (χ3n) is 6.34. The Hall–Kier alpha value is -4.97. The number of carbonyl (C=O) groups excluding carboxylic acids is 1. The van der Waals surface area contributed by atoms with Crippen LogP contribution in [-0.2, 0) is 4.79 Å². The van der Waals surface area contributed by atoms with Gasteiger partial charge < -0.3 is 23.9 Å². The number of carbonyl (C=O) groups is 1. The van der Waals surface area contributed by atoms with E-state index in [2.05, 4.69) is 29.6 Å². The van der Waals surface area contributed by atoms with Crippen molar-refractivity contribution in [2.24, 2.45) is 0 Å². The zero-order valence-electron chi connectivity index (χ0n) is 22.0. The summed E-state index contributed by atoms with van der Waals surface area (Å²) in [6.45, 7) is 1.84. The Morgan fingerprint density at radius 3 is 2.08 bits per heavy atom. The summed E-state index contributed by atoms with van der Waals surface area (Å²) in [5.74, 6) is 2.04. The van der Waals surface area contributed by atoms with Gasteiger partial charge >= 0.3 is 0 Å². The lowest BCUT2D eigenvalue weighted by atomic mass is 10.0. The molecule has 0 spiro atoms. The Kier molecular flexibility index (Phi) is 7.64. The molecule has 5 rings (SSSR count). The number of hydrogen-bond acceptors (Lipinski definition) is 5. The number of furan rings is 1. The van der Waals surface area contributed by atoms with Gasteiger partial charge in [-0.3, -0.25) is 4.79 Å². The van der Waals surface area contributed by atoms with Gasteiger partial charge in [0.2, 0.25) is 5.91 Å². The number of ether oxygens (including phenoxy) is 3. The predicted molar refractivity (Wildman–Crippen MR) is 153 cm³/mol. The number of hydrogen-bond donors (Lipinski definition) is 1. The highest BCUT2D eigenvalue weighted by Crippen LogP contribution is 2.36. The van der Waals surface area contributed by atoms with Crippen LogP contribution in [0.15, 0.2) is 114 Å². The molecule has 0 aliphatic heterocycles. The van der Waals surface area contributed by atoms with Crippen LogP contribution in [0.4, 0.5) is 5.69 Å². The van der Waals surface area contributed by atoms with Gasteiger partial charge in [-0.15, -0.1) is 0 Å². The topological polar surface area (TPSA) is 69.9 Å². The van der Waals surface area contributed by atoms with Crippen molar-refractivity contribution in [3.8, 4) is 17.2 Å². The molecule has 0 atom stereocenters. The van der Waals surface area contributed by atoms with Gasteiger partial charge in [0.05, 0.1) is 14.2 Å². The van der Waals surface area contributed by atoms with Gasteiger partial charge in [-0.1, -0.05) is 72.8 Å². The largest absolute Gasteiger partial charge is 0.493 e. The average Bonchev–Trinajstić information content (AvgIpc) is 3.42. The maximum atomic E-state index is 12.8. The van der Waals surface area contributed by atoms with E-state index in [1.54, 1.807) is 32.4 Å². The molecular weight excluding hydrogens is 490 g/mol. The van der Waals surface area contributed by atoms with Crippen molar-refractivity contribution in [3.63, 3.8) is 0 Å². The highest BCUT2D eigenvalue weighted by Gasteiger charge is 2.19. The van der Waals surface area contributed by atoms with Gasteiger partial charge in [0.1, 0.15) is 11.9 Å². The van der Waals surface area contributed by atoms with Gasteiger partial charge in [0.25, 0.3) is 0 Å². The zero-order chi connectivity index (χ0) is 27.2. The summed E-state index contributed by atoms with van der Waals surface area (Å²) in [5, 5.41) is 3.74. The summed E-state index contributed by atoms with van der Waals surface area (Å²) in [4.78, 5) is 12.8. The number of anilines is 1. The van der Waals surface area contributed by atoms with Crippen molar-refractivity contribution in [1.29, 1.82) is 0 Å². The SMILES string of the molecule is COc1ccc(NC(=O)/C=C(/C)c2cc3cccc(OC(c4ccccc4)c4ccccc4)c3o2)cc1OC. The molecule has 6 heteroatoms. The van der Waals surface area contributed by atoms with E-state index < -0.39 is 0 Å². The highest BCUT2D eigenvalue weighted by atomic mass is 16.5. The van der Waals surface area contributed by atoms with Crippen LogP contribution in [0.25, 0.3) is 16.5 Å². The molecule has 1 amide bonds. The minimum absolute atomic E-state index is 0.287. The number of para-hydroxylation sites is 1. The van der Waals surface area contributed by atoms with E-state index in [0.29, 0.717) is 39.9 Å². The molecule has 4 aromatic carbocycles. The quantitative estimate of drug-likeness (QED) is 0.203. The molecule has 0 bridgehead atoms. The molecule has 0 fully saturated rings. The molecule has 0 aliphatic rings. The van der Waals surface area contributed by atoms with Gasteiger partial charge in [0, 0.05) is 23.2 Å². The van der Waals surface area contributed by atoms with E-state index in [1.165, 1.54) is 6.08 Å².